The van der Waals surface area contributed by atoms with Gasteiger partial charge in [-0.2, -0.15) is 4.31 Å². The number of sulfonamides is 1. The summed E-state index contributed by atoms with van der Waals surface area (Å²) in [5.74, 6) is -0.163. The topological polar surface area (TPSA) is 92.9 Å². The van der Waals surface area contributed by atoms with Crippen LogP contribution in [0.15, 0.2) is 29.2 Å². The van der Waals surface area contributed by atoms with Gasteiger partial charge < -0.3 is 15.4 Å². The molecule has 2 N–H and O–H groups in total. The number of nitrogens with two attached hydrogens (primary N) is 1. The lowest BCUT2D eigenvalue weighted by Gasteiger charge is -2.31. The number of likely N-dealkylation sites (tertiary alicyclic amines) is 1. The zero-order valence-electron chi connectivity index (χ0n) is 13.6. The van der Waals surface area contributed by atoms with E-state index < -0.39 is 10.0 Å². The Labute approximate surface area is 142 Å². The zero-order valence-corrected chi connectivity index (χ0v) is 14.4. The van der Waals surface area contributed by atoms with E-state index in [1.807, 2.05) is 0 Å². The van der Waals surface area contributed by atoms with Crippen LogP contribution in [0.5, 0.6) is 0 Å². The summed E-state index contributed by atoms with van der Waals surface area (Å²) in [7, 11) is -3.60. The number of nitrogens with zero attached hydrogens (tertiary/aromatic N) is 2. The van der Waals surface area contributed by atoms with Crippen LogP contribution < -0.4 is 5.73 Å². The fourth-order valence-electron chi connectivity index (χ4n) is 3.10. The predicted octanol–water partition coefficient (Wildman–Crippen LogP) is 0.271. The van der Waals surface area contributed by atoms with Crippen molar-refractivity contribution in [2.45, 2.75) is 23.8 Å². The van der Waals surface area contributed by atoms with E-state index in [1.54, 1.807) is 17.0 Å². The zero-order chi connectivity index (χ0) is 17.2. The molecule has 0 bridgehead atoms. The molecular formula is C16H23N3O4S. The van der Waals surface area contributed by atoms with Crippen molar-refractivity contribution < 1.29 is 17.9 Å². The number of morpholine rings is 1. The van der Waals surface area contributed by atoms with Crippen molar-refractivity contribution in [1.29, 1.82) is 0 Å². The molecule has 0 aromatic heterocycles. The first-order valence-electron chi connectivity index (χ1n) is 8.21. The molecule has 0 radical (unpaired) electrons. The SMILES string of the molecule is NC1CCCN(C(=O)c2cccc(S(=O)(=O)N3CCOCC3)c2)C1. The van der Waals surface area contributed by atoms with Gasteiger partial charge in [0.25, 0.3) is 5.91 Å². The molecule has 2 saturated heterocycles. The highest BCUT2D eigenvalue weighted by molar-refractivity contribution is 7.89. The number of amides is 1. The Bertz CT molecular complexity index is 701. The number of carbonyl (C=O) groups excluding carboxylic acids is 1. The molecule has 8 heteroatoms. The molecule has 2 heterocycles. The van der Waals surface area contributed by atoms with Crippen molar-refractivity contribution in [2.24, 2.45) is 5.73 Å². The van der Waals surface area contributed by atoms with Gasteiger partial charge in [-0.3, -0.25) is 4.79 Å². The Morgan fingerprint density at radius 3 is 2.67 bits per heavy atom. The summed E-state index contributed by atoms with van der Waals surface area (Å²) in [6, 6.07) is 6.25. The van der Waals surface area contributed by atoms with Crippen LogP contribution in [0.25, 0.3) is 0 Å². The molecule has 3 rings (SSSR count). The van der Waals surface area contributed by atoms with E-state index in [0.29, 0.717) is 45.0 Å². The lowest BCUT2D eigenvalue weighted by Crippen LogP contribution is -2.45. The second-order valence-electron chi connectivity index (χ2n) is 6.20. The van der Waals surface area contributed by atoms with Crippen molar-refractivity contribution in [3.8, 4) is 0 Å². The minimum atomic E-state index is -3.60. The van der Waals surface area contributed by atoms with Crippen LogP contribution in [0.4, 0.5) is 0 Å². The number of ether oxygens (including phenoxy) is 1. The quantitative estimate of drug-likeness (QED) is 0.842. The second-order valence-corrected chi connectivity index (χ2v) is 8.14. The molecule has 1 aromatic rings. The third-order valence-electron chi connectivity index (χ3n) is 4.43. The number of hydrogen-bond donors (Lipinski definition) is 1. The maximum Gasteiger partial charge on any atom is 0.253 e. The molecule has 7 nitrogen and oxygen atoms in total. The third kappa shape index (κ3) is 3.61. The first kappa shape index (κ1) is 17.3. The first-order valence-corrected chi connectivity index (χ1v) is 9.65. The van der Waals surface area contributed by atoms with Gasteiger partial charge in [-0.15, -0.1) is 0 Å². The molecule has 0 spiro atoms. The van der Waals surface area contributed by atoms with Crippen LogP contribution in [-0.4, -0.2) is 69.0 Å². The lowest BCUT2D eigenvalue weighted by molar-refractivity contribution is 0.0707. The molecule has 24 heavy (non-hydrogen) atoms. The predicted molar refractivity (Wildman–Crippen MR) is 89.1 cm³/mol. The van der Waals surface area contributed by atoms with Crippen LogP contribution in [-0.2, 0) is 14.8 Å². The number of piperidine rings is 1. The van der Waals surface area contributed by atoms with Crippen LogP contribution in [0.2, 0.25) is 0 Å². The highest BCUT2D eigenvalue weighted by Gasteiger charge is 2.28. The van der Waals surface area contributed by atoms with Gasteiger partial charge in [0.05, 0.1) is 18.1 Å². The summed E-state index contributed by atoms with van der Waals surface area (Å²) < 4.78 is 32.0. The summed E-state index contributed by atoms with van der Waals surface area (Å²) in [5, 5.41) is 0. The third-order valence-corrected chi connectivity index (χ3v) is 6.33. The molecule has 1 amide bonds. The minimum absolute atomic E-state index is 0.0111. The standard InChI is InChI=1S/C16H23N3O4S/c17-14-4-2-6-18(12-14)16(20)13-3-1-5-15(11-13)24(21,22)19-7-9-23-10-8-19/h1,3,5,11,14H,2,4,6-10,12,17H2. The molecule has 2 aliphatic rings. The van der Waals surface area contributed by atoms with Gasteiger partial charge in [0, 0.05) is 37.8 Å². The average molecular weight is 353 g/mol. The molecular weight excluding hydrogens is 330 g/mol. The van der Waals surface area contributed by atoms with Crippen LogP contribution in [0.1, 0.15) is 23.2 Å². The fraction of sp³-hybridized carbons (Fsp3) is 0.562. The normalized spacial score (nSPS) is 23.2. The molecule has 2 aliphatic heterocycles. The number of rotatable bonds is 3. The maximum absolute atomic E-state index is 12.7. The molecule has 132 valence electrons. The van der Waals surface area contributed by atoms with Gasteiger partial charge >= 0.3 is 0 Å². The van der Waals surface area contributed by atoms with Crippen LogP contribution >= 0.6 is 0 Å². The molecule has 1 atom stereocenters. The molecule has 1 unspecified atom stereocenters. The van der Waals surface area contributed by atoms with E-state index in [1.165, 1.54) is 16.4 Å². The Hall–Kier alpha value is -1.48. The Kier molecular flexibility index (Phi) is 5.19. The van der Waals surface area contributed by atoms with E-state index >= 15 is 0 Å². The maximum atomic E-state index is 12.7. The van der Waals surface area contributed by atoms with Gasteiger partial charge in [-0.05, 0) is 31.0 Å². The summed E-state index contributed by atoms with van der Waals surface area (Å²) in [5.41, 5.74) is 6.32. The van der Waals surface area contributed by atoms with E-state index in [4.69, 9.17) is 10.5 Å². The van der Waals surface area contributed by atoms with Crippen molar-refractivity contribution in [3.05, 3.63) is 29.8 Å². The largest absolute Gasteiger partial charge is 0.379 e. The van der Waals surface area contributed by atoms with Gasteiger partial charge in [0.15, 0.2) is 0 Å². The van der Waals surface area contributed by atoms with Crippen molar-refractivity contribution in [2.75, 3.05) is 39.4 Å². The van der Waals surface area contributed by atoms with E-state index in [9.17, 15) is 13.2 Å². The van der Waals surface area contributed by atoms with Crippen LogP contribution in [0.3, 0.4) is 0 Å². The number of hydrogen-bond acceptors (Lipinski definition) is 5. The van der Waals surface area contributed by atoms with E-state index in [2.05, 4.69) is 0 Å². The minimum Gasteiger partial charge on any atom is -0.379 e. The number of carbonyl (C=O) groups is 1. The molecule has 0 saturated carbocycles. The average Bonchev–Trinajstić information content (AvgIpc) is 2.62. The van der Waals surface area contributed by atoms with Crippen molar-refractivity contribution in [3.63, 3.8) is 0 Å². The Balaban J connectivity index is 1.82. The van der Waals surface area contributed by atoms with Gasteiger partial charge in [-0.1, -0.05) is 6.07 Å². The summed E-state index contributed by atoms with van der Waals surface area (Å²) >= 11 is 0. The van der Waals surface area contributed by atoms with E-state index in [0.717, 1.165) is 12.8 Å². The van der Waals surface area contributed by atoms with Crippen molar-refractivity contribution in [1.82, 2.24) is 9.21 Å². The van der Waals surface area contributed by atoms with Gasteiger partial charge in [0.1, 0.15) is 0 Å². The first-order chi connectivity index (χ1) is 11.5. The lowest BCUT2D eigenvalue weighted by atomic mass is 10.1. The second kappa shape index (κ2) is 7.18. The monoisotopic (exact) mass is 353 g/mol. The van der Waals surface area contributed by atoms with Gasteiger partial charge in [-0.25, -0.2) is 8.42 Å². The molecule has 1 aromatic carbocycles. The highest BCUT2D eigenvalue weighted by atomic mass is 32.2. The van der Waals surface area contributed by atoms with Crippen molar-refractivity contribution >= 4 is 15.9 Å². The molecule has 2 fully saturated rings. The highest BCUT2D eigenvalue weighted by Crippen LogP contribution is 2.20. The Morgan fingerprint density at radius 1 is 1.21 bits per heavy atom. The fourth-order valence-corrected chi connectivity index (χ4v) is 4.56. The van der Waals surface area contributed by atoms with Gasteiger partial charge in [0.2, 0.25) is 10.0 Å². The smallest absolute Gasteiger partial charge is 0.253 e. The van der Waals surface area contributed by atoms with E-state index in [-0.39, 0.29) is 16.8 Å². The Morgan fingerprint density at radius 2 is 1.96 bits per heavy atom. The number of benzene rings is 1. The van der Waals surface area contributed by atoms with Crippen LogP contribution in [0, 0.1) is 0 Å². The summed E-state index contributed by atoms with van der Waals surface area (Å²) in [6.07, 6.45) is 1.79. The summed E-state index contributed by atoms with van der Waals surface area (Å²) in [4.78, 5) is 14.5. The molecule has 0 aliphatic carbocycles. The summed E-state index contributed by atoms with van der Waals surface area (Å²) in [6.45, 7) is 2.63.